The Labute approximate surface area is 163 Å². The van der Waals surface area contributed by atoms with Crippen molar-refractivity contribution in [3.8, 4) is 23.7 Å². The van der Waals surface area contributed by atoms with Crippen molar-refractivity contribution in [2.45, 2.75) is 11.8 Å². The summed E-state index contributed by atoms with van der Waals surface area (Å²) in [5.41, 5.74) is 10.1. The van der Waals surface area contributed by atoms with Crippen LogP contribution in [-0.2, 0) is 4.79 Å². The van der Waals surface area contributed by atoms with Crippen molar-refractivity contribution < 1.29 is 4.79 Å². The lowest BCUT2D eigenvalue weighted by atomic mass is 10.1. The Bertz CT molecular complexity index is 1060. The summed E-state index contributed by atoms with van der Waals surface area (Å²) in [4.78, 5) is 12.0. The maximum absolute atomic E-state index is 11.1. The van der Waals surface area contributed by atoms with Gasteiger partial charge < -0.3 is 5.73 Å². The monoisotopic (exact) mass is 367 g/mol. The number of hydrogen-bond acceptors (Lipinski definition) is 3. The highest BCUT2D eigenvalue weighted by atomic mass is 32.2. The van der Waals surface area contributed by atoms with Gasteiger partial charge in [-0.05, 0) is 72.8 Å². The van der Waals surface area contributed by atoms with E-state index in [9.17, 15) is 4.79 Å². The van der Waals surface area contributed by atoms with Crippen molar-refractivity contribution in [1.29, 1.82) is 0 Å². The minimum absolute atomic E-state index is 0.0772. The quantitative estimate of drug-likeness (QED) is 0.385. The van der Waals surface area contributed by atoms with Crippen LogP contribution in [0.2, 0.25) is 0 Å². The van der Waals surface area contributed by atoms with Gasteiger partial charge in [0.15, 0.2) is 5.12 Å². The molecule has 0 saturated carbocycles. The highest BCUT2D eigenvalue weighted by Crippen LogP contribution is 2.18. The second kappa shape index (κ2) is 8.81. The number of rotatable bonds is 1. The molecule has 2 N–H and O–H groups in total. The summed E-state index contributed by atoms with van der Waals surface area (Å²) < 4.78 is 0. The van der Waals surface area contributed by atoms with E-state index in [0.29, 0.717) is 0 Å². The lowest BCUT2D eigenvalue weighted by molar-refractivity contribution is -0.109. The van der Waals surface area contributed by atoms with Gasteiger partial charge in [0.1, 0.15) is 0 Å². The van der Waals surface area contributed by atoms with E-state index in [-0.39, 0.29) is 5.12 Å². The fourth-order valence-electron chi connectivity index (χ4n) is 2.26. The minimum atomic E-state index is 0.0772. The van der Waals surface area contributed by atoms with Crippen molar-refractivity contribution in [3.63, 3.8) is 0 Å². The van der Waals surface area contributed by atoms with Gasteiger partial charge in [-0.3, -0.25) is 4.79 Å². The van der Waals surface area contributed by atoms with Gasteiger partial charge in [-0.1, -0.05) is 35.4 Å². The third-order valence-electron chi connectivity index (χ3n) is 3.61. The molecule has 0 aliphatic rings. The summed E-state index contributed by atoms with van der Waals surface area (Å²) in [6.45, 7) is 1.56. The van der Waals surface area contributed by atoms with Crippen LogP contribution in [0.25, 0.3) is 0 Å². The molecule has 0 bridgehead atoms. The highest BCUT2D eigenvalue weighted by molar-refractivity contribution is 8.13. The molecule has 0 aliphatic carbocycles. The van der Waals surface area contributed by atoms with Crippen LogP contribution in [0.3, 0.4) is 0 Å². The Morgan fingerprint density at radius 3 is 1.37 bits per heavy atom. The zero-order valence-corrected chi connectivity index (χ0v) is 15.6. The van der Waals surface area contributed by atoms with Crippen molar-refractivity contribution in [3.05, 3.63) is 95.1 Å². The molecule has 0 aliphatic heterocycles. The first-order chi connectivity index (χ1) is 13.1. The largest absolute Gasteiger partial charge is 0.399 e. The molecule has 2 nitrogen and oxygen atoms in total. The third kappa shape index (κ3) is 5.82. The van der Waals surface area contributed by atoms with Crippen molar-refractivity contribution >= 4 is 22.6 Å². The van der Waals surface area contributed by atoms with Gasteiger partial charge in [-0.15, -0.1) is 0 Å². The molecule has 27 heavy (non-hydrogen) atoms. The van der Waals surface area contributed by atoms with Crippen LogP contribution < -0.4 is 5.73 Å². The van der Waals surface area contributed by atoms with E-state index in [4.69, 9.17) is 5.73 Å². The number of nitrogen functional groups attached to an aromatic ring is 1. The maximum atomic E-state index is 11.1. The van der Waals surface area contributed by atoms with Gasteiger partial charge in [0, 0.05) is 39.8 Å². The first-order valence-electron chi connectivity index (χ1n) is 8.37. The average molecular weight is 367 g/mol. The first kappa shape index (κ1) is 18.4. The molecule has 0 spiro atoms. The van der Waals surface area contributed by atoms with Gasteiger partial charge in [-0.25, -0.2) is 0 Å². The fraction of sp³-hybridized carbons (Fsp3) is 0.0417. The molecule has 3 aromatic carbocycles. The van der Waals surface area contributed by atoms with Gasteiger partial charge in [0.2, 0.25) is 0 Å². The van der Waals surface area contributed by atoms with E-state index in [2.05, 4.69) is 23.7 Å². The number of hydrogen-bond donors (Lipinski definition) is 1. The Morgan fingerprint density at radius 2 is 1.00 bits per heavy atom. The van der Waals surface area contributed by atoms with Crippen molar-refractivity contribution in [2.75, 3.05) is 5.73 Å². The average Bonchev–Trinajstić information content (AvgIpc) is 2.67. The molecule has 0 amide bonds. The van der Waals surface area contributed by atoms with Crippen LogP contribution >= 0.6 is 11.8 Å². The smallest absolute Gasteiger partial charge is 0.190 e. The number of nitrogens with two attached hydrogens (primary N) is 1. The predicted octanol–water partition coefficient (Wildman–Crippen LogP) is 4.71. The molecule has 3 aromatic rings. The molecule has 0 radical (unpaired) electrons. The summed E-state index contributed by atoms with van der Waals surface area (Å²) in [5.74, 6) is 12.5. The van der Waals surface area contributed by atoms with E-state index in [1.807, 2.05) is 72.8 Å². The number of benzene rings is 3. The van der Waals surface area contributed by atoms with E-state index >= 15 is 0 Å². The highest BCUT2D eigenvalue weighted by Gasteiger charge is 1.97. The molecule has 0 aromatic heterocycles. The Kier molecular flexibility index (Phi) is 6.00. The van der Waals surface area contributed by atoms with E-state index < -0.39 is 0 Å². The summed E-state index contributed by atoms with van der Waals surface area (Å²) in [6.07, 6.45) is 0. The zero-order chi connectivity index (χ0) is 19.1. The normalized spacial score (nSPS) is 9.52. The van der Waals surface area contributed by atoms with E-state index in [0.717, 1.165) is 32.8 Å². The number of anilines is 1. The molecule has 0 fully saturated rings. The summed E-state index contributed by atoms with van der Waals surface area (Å²) in [5, 5.41) is 0.0772. The molecule has 3 rings (SSSR count). The van der Waals surface area contributed by atoms with Gasteiger partial charge in [0.05, 0.1) is 0 Å². The number of carbonyl (C=O) groups excluding carboxylic acids is 1. The molecule has 130 valence electrons. The van der Waals surface area contributed by atoms with Crippen LogP contribution in [0, 0.1) is 23.7 Å². The number of carbonyl (C=O) groups is 1. The second-order valence-electron chi connectivity index (χ2n) is 5.82. The predicted molar refractivity (Wildman–Crippen MR) is 112 cm³/mol. The SMILES string of the molecule is CC(=O)Sc1ccc(C#Cc2ccc(C#Cc3ccc(N)cc3)cc2)cc1. The Morgan fingerprint density at radius 1 is 0.667 bits per heavy atom. The van der Waals surface area contributed by atoms with Crippen molar-refractivity contribution in [2.24, 2.45) is 0 Å². The van der Waals surface area contributed by atoms with Gasteiger partial charge >= 0.3 is 0 Å². The summed E-state index contributed by atoms with van der Waals surface area (Å²) in [7, 11) is 0. The fourth-order valence-corrected chi connectivity index (χ4v) is 2.87. The molecule has 3 heteroatoms. The van der Waals surface area contributed by atoms with Gasteiger partial charge in [-0.2, -0.15) is 0 Å². The van der Waals surface area contributed by atoms with Crippen LogP contribution in [0.1, 0.15) is 29.2 Å². The maximum Gasteiger partial charge on any atom is 0.190 e. The lowest BCUT2D eigenvalue weighted by Gasteiger charge is -1.97. The van der Waals surface area contributed by atoms with Crippen LogP contribution in [0.4, 0.5) is 5.69 Å². The molecule has 0 unspecified atom stereocenters. The minimum Gasteiger partial charge on any atom is -0.399 e. The third-order valence-corrected chi connectivity index (χ3v) is 4.41. The topological polar surface area (TPSA) is 43.1 Å². The van der Waals surface area contributed by atoms with Crippen LogP contribution in [0.5, 0.6) is 0 Å². The summed E-state index contributed by atoms with van der Waals surface area (Å²) in [6, 6.07) is 23.0. The second-order valence-corrected chi connectivity index (χ2v) is 7.07. The van der Waals surface area contributed by atoms with Crippen molar-refractivity contribution in [1.82, 2.24) is 0 Å². The van der Waals surface area contributed by atoms with E-state index in [1.165, 1.54) is 11.8 Å². The lowest BCUT2D eigenvalue weighted by Crippen LogP contribution is -1.83. The Hall–Kier alpha value is -3.40. The zero-order valence-electron chi connectivity index (χ0n) is 14.8. The Balaban J connectivity index is 1.67. The standard InChI is InChI=1S/C24H17NOS/c1-18(26)27-24-16-12-22(13-17-24)9-7-20-4-2-19(3-5-20)6-8-21-10-14-23(25)15-11-21/h2-5,10-17H,25H2,1H3. The molecular formula is C24H17NOS. The molecular weight excluding hydrogens is 350 g/mol. The summed E-state index contributed by atoms with van der Waals surface area (Å²) >= 11 is 1.22. The molecule has 0 heterocycles. The number of thioether (sulfide) groups is 1. The van der Waals surface area contributed by atoms with Crippen LogP contribution in [-0.4, -0.2) is 5.12 Å². The van der Waals surface area contributed by atoms with Crippen LogP contribution in [0.15, 0.2) is 77.7 Å². The van der Waals surface area contributed by atoms with Gasteiger partial charge in [0.25, 0.3) is 0 Å². The molecule has 0 atom stereocenters. The first-order valence-corrected chi connectivity index (χ1v) is 9.18. The molecule has 0 saturated heterocycles. The van der Waals surface area contributed by atoms with E-state index in [1.54, 1.807) is 6.92 Å².